The van der Waals surface area contributed by atoms with Gasteiger partial charge in [-0.15, -0.1) is 0 Å². The van der Waals surface area contributed by atoms with E-state index in [-0.39, 0.29) is 37.6 Å². The minimum Gasteiger partial charge on any atom is -0.368 e. The lowest BCUT2D eigenvalue weighted by atomic mass is 9.92. The molecule has 1 amide bonds. The van der Waals surface area contributed by atoms with Crippen LogP contribution in [0.25, 0.3) is 0 Å². The molecule has 1 aliphatic heterocycles. The largest absolute Gasteiger partial charge is 0.368 e. The number of ether oxygens (including phenoxy) is 1. The van der Waals surface area contributed by atoms with E-state index in [0.717, 1.165) is 4.90 Å². The number of rotatable bonds is 12. The third-order valence-corrected chi connectivity index (χ3v) is 7.86. The third kappa shape index (κ3) is 5.05. The van der Waals surface area contributed by atoms with Gasteiger partial charge in [0.2, 0.25) is 0 Å². The lowest BCUT2D eigenvalue weighted by Gasteiger charge is -2.56. The molecule has 1 fully saturated rings. The summed E-state index contributed by atoms with van der Waals surface area (Å²) in [7, 11) is -2.03. The summed E-state index contributed by atoms with van der Waals surface area (Å²) in [5, 5.41) is 0. The first-order valence-electron chi connectivity index (χ1n) is 9.27. The molecular formula is C19H28NO6PS. The van der Waals surface area contributed by atoms with Gasteiger partial charge in [0, 0.05) is 18.4 Å². The molecule has 1 aromatic carbocycles. The number of methoxy groups -OCH3 is 1. The number of thioether (sulfide) groups is 1. The van der Waals surface area contributed by atoms with E-state index >= 15 is 0 Å². The van der Waals surface area contributed by atoms with Gasteiger partial charge in [0.1, 0.15) is 16.9 Å². The first-order chi connectivity index (χ1) is 13.3. The second-order valence-corrected chi connectivity index (χ2v) is 9.84. The van der Waals surface area contributed by atoms with Crippen molar-refractivity contribution in [2.24, 2.45) is 0 Å². The van der Waals surface area contributed by atoms with E-state index in [9.17, 15) is 14.2 Å². The number of benzene rings is 1. The fourth-order valence-corrected chi connectivity index (χ4v) is 6.56. The average Bonchev–Trinajstić information content (AvgIpc) is 2.65. The molecule has 1 aromatic rings. The molecule has 0 radical (unpaired) electrons. The van der Waals surface area contributed by atoms with Crippen molar-refractivity contribution < 1.29 is 27.9 Å². The number of Topliss-reactive ketones (excluding diaryl/α,β-unsaturated/α-hetero) is 1. The van der Waals surface area contributed by atoms with E-state index in [1.807, 2.05) is 30.3 Å². The summed E-state index contributed by atoms with van der Waals surface area (Å²) < 4.78 is 29.3. The Hall–Kier alpha value is -1.18. The standard InChI is InChI=1S/C19H28NO6PS/c1-5-25-27(23,26-6-2)14-20-18(22)17(24-4)19(20,13-12-15(3)21)28-16-10-8-7-9-11-16/h7-11,17H,5-6,12-14H2,1-4H3. The van der Waals surface area contributed by atoms with Crippen LogP contribution in [0.3, 0.4) is 0 Å². The van der Waals surface area contributed by atoms with Crippen molar-refractivity contribution in [1.29, 1.82) is 0 Å². The van der Waals surface area contributed by atoms with Crippen LogP contribution in [0.5, 0.6) is 0 Å². The summed E-state index contributed by atoms with van der Waals surface area (Å²) in [6.45, 7) is 5.38. The van der Waals surface area contributed by atoms with Gasteiger partial charge in [-0.2, -0.15) is 0 Å². The molecule has 1 aliphatic rings. The molecule has 0 aromatic heterocycles. The van der Waals surface area contributed by atoms with Crippen molar-refractivity contribution in [2.75, 3.05) is 26.6 Å². The first kappa shape index (κ1) is 23.1. The van der Waals surface area contributed by atoms with Crippen molar-refractivity contribution in [3.63, 3.8) is 0 Å². The second-order valence-electron chi connectivity index (χ2n) is 6.43. The van der Waals surface area contributed by atoms with Crippen LogP contribution < -0.4 is 0 Å². The Bertz CT molecular complexity index is 720. The molecule has 28 heavy (non-hydrogen) atoms. The van der Waals surface area contributed by atoms with E-state index < -0.39 is 18.6 Å². The van der Waals surface area contributed by atoms with E-state index in [4.69, 9.17) is 13.8 Å². The van der Waals surface area contributed by atoms with Crippen LogP contribution in [0.4, 0.5) is 0 Å². The number of nitrogens with zero attached hydrogens (tertiary/aromatic N) is 1. The van der Waals surface area contributed by atoms with Crippen molar-refractivity contribution in [3.05, 3.63) is 30.3 Å². The van der Waals surface area contributed by atoms with Gasteiger partial charge in [0.05, 0.1) is 13.2 Å². The fourth-order valence-electron chi connectivity index (χ4n) is 3.23. The Balaban J connectivity index is 2.39. The van der Waals surface area contributed by atoms with E-state index in [2.05, 4.69) is 0 Å². The molecule has 2 atom stereocenters. The Morgan fingerprint density at radius 1 is 1.21 bits per heavy atom. The minimum absolute atomic E-state index is 0.0139. The van der Waals surface area contributed by atoms with Gasteiger partial charge < -0.3 is 23.5 Å². The van der Waals surface area contributed by atoms with Crippen molar-refractivity contribution in [3.8, 4) is 0 Å². The number of hydrogen-bond acceptors (Lipinski definition) is 7. The number of carbonyl (C=O) groups is 2. The lowest BCUT2D eigenvalue weighted by Crippen LogP contribution is -2.73. The molecule has 1 saturated heterocycles. The monoisotopic (exact) mass is 429 g/mol. The van der Waals surface area contributed by atoms with Crippen LogP contribution in [0.2, 0.25) is 0 Å². The van der Waals surface area contributed by atoms with Crippen molar-refractivity contribution in [2.45, 2.75) is 49.5 Å². The number of carbonyl (C=O) groups excluding carboxylic acids is 2. The van der Waals surface area contributed by atoms with Gasteiger partial charge in [-0.1, -0.05) is 30.0 Å². The molecule has 0 N–H and O–H groups in total. The van der Waals surface area contributed by atoms with Gasteiger partial charge in [-0.05, 0) is 39.3 Å². The summed E-state index contributed by atoms with van der Waals surface area (Å²) >= 11 is 1.44. The highest BCUT2D eigenvalue weighted by Gasteiger charge is 2.62. The van der Waals surface area contributed by atoms with E-state index in [0.29, 0.717) is 6.42 Å². The number of likely N-dealkylation sites (tertiary alicyclic amines) is 1. The summed E-state index contributed by atoms with van der Waals surface area (Å²) in [6.07, 6.45) is -0.263. The van der Waals surface area contributed by atoms with Gasteiger partial charge in [-0.25, -0.2) is 0 Å². The van der Waals surface area contributed by atoms with E-state index in [1.54, 1.807) is 13.8 Å². The highest BCUT2D eigenvalue weighted by molar-refractivity contribution is 8.00. The normalized spacial score (nSPS) is 22.2. The molecule has 0 bridgehead atoms. The Morgan fingerprint density at radius 3 is 2.32 bits per heavy atom. The van der Waals surface area contributed by atoms with Crippen LogP contribution in [0, 0.1) is 0 Å². The molecule has 0 aliphatic carbocycles. The van der Waals surface area contributed by atoms with Crippen LogP contribution in [-0.4, -0.2) is 54.2 Å². The number of ketones is 1. The van der Waals surface area contributed by atoms with Crippen molar-refractivity contribution in [1.82, 2.24) is 4.90 Å². The zero-order valence-corrected chi connectivity index (χ0v) is 18.5. The predicted octanol–water partition coefficient (Wildman–Crippen LogP) is 3.93. The molecule has 0 spiro atoms. The number of hydrogen-bond donors (Lipinski definition) is 0. The Labute approximate surface area is 170 Å². The number of β-lactam (4-membered cyclic amide) rings is 1. The zero-order chi connectivity index (χ0) is 20.8. The van der Waals surface area contributed by atoms with Crippen LogP contribution >= 0.6 is 19.4 Å². The lowest BCUT2D eigenvalue weighted by molar-refractivity contribution is -0.174. The van der Waals surface area contributed by atoms with Crippen LogP contribution in [0.1, 0.15) is 33.6 Å². The molecule has 1 heterocycles. The maximum atomic E-state index is 13.1. The molecular weight excluding hydrogens is 401 g/mol. The molecule has 2 unspecified atom stereocenters. The topological polar surface area (TPSA) is 82.1 Å². The average molecular weight is 429 g/mol. The molecule has 9 heteroatoms. The highest BCUT2D eigenvalue weighted by atomic mass is 32.2. The smallest absolute Gasteiger partial charge is 0.349 e. The second kappa shape index (κ2) is 10.0. The molecule has 2 rings (SSSR count). The quantitative estimate of drug-likeness (QED) is 0.368. The Morgan fingerprint density at radius 2 is 1.82 bits per heavy atom. The summed E-state index contributed by atoms with van der Waals surface area (Å²) in [6, 6.07) is 9.57. The maximum absolute atomic E-state index is 13.1. The van der Waals surface area contributed by atoms with Crippen molar-refractivity contribution >= 4 is 31.0 Å². The summed E-state index contributed by atoms with van der Waals surface area (Å²) in [4.78, 5) is 26.1. The van der Waals surface area contributed by atoms with Gasteiger partial charge >= 0.3 is 7.60 Å². The predicted molar refractivity (Wildman–Crippen MR) is 108 cm³/mol. The van der Waals surface area contributed by atoms with Gasteiger partial charge in [-0.3, -0.25) is 9.36 Å². The molecule has 7 nitrogen and oxygen atoms in total. The van der Waals surface area contributed by atoms with Gasteiger partial charge in [0.15, 0.2) is 6.10 Å². The zero-order valence-electron chi connectivity index (χ0n) is 16.8. The van der Waals surface area contributed by atoms with Crippen LogP contribution in [0.15, 0.2) is 35.2 Å². The summed E-state index contributed by atoms with van der Waals surface area (Å²) in [5.41, 5.74) is 0. The number of amides is 1. The SMILES string of the molecule is CCOP(=O)(CN1C(=O)C(OC)C1(CCC(C)=O)Sc1ccccc1)OCC. The van der Waals surface area contributed by atoms with Gasteiger partial charge in [0.25, 0.3) is 5.91 Å². The van der Waals surface area contributed by atoms with Crippen LogP contribution in [-0.2, 0) is 27.9 Å². The minimum atomic E-state index is -3.50. The molecule has 156 valence electrons. The highest BCUT2D eigenvalue weighted by Crippen LogP contribution is 2.57. The maximum Gasteiger partial charge on any atom is 0.349 e. The fraction of sp³-hybridized carbons (Fsp3) is 0.579. The molecule has 0 saturated carbocycles. The summed E-state index contributed by atoms with van der Waals surface area (Å²) in [5.74, 6) is -0.269. The first-order valence-corrected chi connectivity index (χ1v) is 11.8. The Kier molecular flexibility index (Phi) is 8.28. The third-order valence-electron chi connectivity index (χ3n) is 4.43. The van der Waals surface area contributed by atoms with E-state index in [1.165, 1.54) is 30.7 Å².